The number of hydrogen-bond donors (Lipinski definition) is 3. The van der Waals surface area contributed by atoms with Crippen LogP contribution in [0, 0.1) is 6.92 Å². The molecule has 10 nitrogen and oxygen atoms in total. The van der Waals surface area contributed by atoms with Gasteiger partial charge in [0, 0.05) is 31.7 Å². The molecule has 1 unspecified atom stereocenters. The summed E-state index contributed by atoms with van der Waals surface area (Å²) >= 11 is 0. The zero-order chi connectivity index (χ0) is 29.4. The summed E-state index contributed by atoms with van der Waals surface area (Å²) in [5.74, 6) is -1.74. The molecule has 3 N–H and O–H groups in total. The summed E-state index contributed by atoms with van der Waals surface area (Å²) in [6.45, 7) is 3.84. The minimum absolute atomic E-state index is 0.154. The van der Waals surface area contributed by atoms with Crippen LogP contribution in [0.1, 0.15) is 39.5 Å². The van der Waals surface area contributed by atoms with Crippen LogP contribution in [0.25, 0.3) is 0 Å². The number of aliphatic carboxylic acids is 1. The molecule has 0 saturated carbocycles. The molecule has 1 saturated heterocycles. The van der Waals surface area contributed by atoms with E-state index in [2.05, 4.69) is 10.6 Å². The van der Waals surface area contributed by atoms with E-state index < -0.39 is 24.0 Å². The van der Waals surface area contributed by atoms with Crippen LogP contribution in [0.5, 0.6) is 0 Å². The number of ether oxygens (including phenoxy) is 1. The van der Waals surface area contributed by atoms with Gasteiger partial charge in [-0.2, -0.15) is 0 Å². The van der Waals surface area contributed by atoms with Gasteiger partial charge in [0.25, 0.3) is 5.91 Å². The SMILES string of the molecule is COC(=O)N1CCN(c2ccc(C(=O)NC(CC(=O)O)c3ccc(C)cc3)cc2NC(=O)Cc2ccccc2)CC1. The first-order chi connectivity index (χ1) is 19.7. The number of carbonyl (C=O) groups is 4. The van der Waals surface area contributed by atoms with Gasteiger partial charge in [-0.15, -0.1) is 0 Å². The van der Waals surface area contributed by atoms with Gasteiger partial charge in [-0.05, 0) is 36.2 Å². The maximum atomic E-state index is 13.4. The molecule has 3 aromatic carbocycles. The van der Waals surface area contributed by atoms with E-state index in [1.165, 1.54) is 7.11 Å². The lowest BCUT2D eigenvalue weighted by Crippen LogP contribution is -2.49. The maximum Gasteiger partial charge on any atom is 0.409 e. The number of anilines is 2. The molecule has 3 amide bonds. The van der Waals surface area contributed by atoms with Crippen LogP contribution < -0.4 is 15.5 Å². The fourth-order valence-corrected chi connectivity index (χ4v) is 4.76. The molecular formula is C31H34N4O6. The Labute approximate surface area is 238 Å². The van der Waals surface area contributed by atoms with E-state index in [1.54, 1.807) is 35.2 Å². The van der Waals surface area contributed by atoms with Gasteiger partial charge >= 0.3 is 12.1 Å². The number of nitrogens with one attached hydrogen (secondary N) is 2. The molecule has 0 radical (unpaired) electrons. The number of carbonyl (C=O) groups excluding carboxylic acids is 3. The Morgan fingerprint density at radius 3 is 2.24 bits per heavy atom. The number of aryl methyl sites for hydroxylation is 1. The Kier molecular flexibility index (Phi) is 9.57. The largest absolute Gasteiger partial charge is 0.481 e. The van der Waals surface area contributed by atoms with Gasteiger partial charge in [-0.25, -0.2) is 4.79 Å². The van der Waals surface area contributed by atoms with Crippen LogP contribution in [0.2, 0.25) is 0 Å². The van der Waals surface area contributed by atoms with Gasteiger partial charge in [-0.3, -0.25) is 14.4 Å². The Bertz CT molecular complexity index is 1390. The Morgan fingerprint density at radius 1 is 0.927 bits per heavy atom. The summed E-state index contributed by atoms with van der Waals surface area (Å²) in [4.78, 5) is 53.5. The number of rotatable bonds is 9. The molecule has 0 bridgehead atoms. The van der Waals surface area contributed by atoms with Crippen molar-refractivity contribution in [2.75, 3.05) is 43.5 Å². The van der Waals surface area contributed by atoms with Crippen molar-refractivity contribution in [3.05, 3.63) is 95.1 Å². The van der Waals surface area contributed by atoms with E-state index in [0.29, 0.717) is 43.1 Å². The molecule has 4 rings (SSSR count). The Morgan fingerprint density at radius 2 is 1.61 bits per heavy atom. The molecule has 1 aliphatic rings. The normalized spacial score (nSPS) is 13.7. The highest BCUT2D eigenvalue weighted by Crippen LogP contribution is 2.29. The van der Waals surface area contributed by atoms with E-state index in [1.807, 2.05) is 54.3 Å². The lowest BCUT2D eigenvalue weighted by atomic mass is 10.0. The second kappa shape index (κ2) is 13.5. The molecule has 0 spiro atoms. The van der Waals surface area contributed by atoms with Crippen molar-refractivity contribution in [3.8, 4) is 0 Å². The van der Waals surface area contributed by atoms with Crippen molar-refractivity contribution in [2.45, 2.75) is 25.8 Å². The van der Waals surface area contributed by atoms with Crippen LogP contribution in [0.15, 0.2) is 72.8 Å². The lowest BCUT2D eigenvalue weighted by molar-refractivity contribution is -0.137. The van der Waals surface area contributed by atoms with Gasteiger partial charge in [0.05, 0.1) is 37.4 Å². The quantitative estimate of drug-likeness (QED) is 0.362. The van der Waals surface area contributed by atoms with Crippen LogP contribution >= 0.6 is 0 Å². The molecule has 1 aliphatic heterocycles. The van der Waals surface area contributed by atoms with Gasteiger partial charge in [0.2, 0.25) is 5.91 Å². The van der Waals surface area contributed by atoms with Gasteiger partial charge < -0.3 is 30.3 Å². The summed E-state index contributed by atoms with van der Waals surface area (Å²) in [6, 6.07) is 21.0. The second-order valence-electron chi connectivity index (χ2n) is 9.92. The predicted octanol–water partition coefficient (Wildman–Crippen LogP) is 4.01. The highest BCUT2D eigenvalue weighted by molar-refractivity contribution is 6.00. The summed E-state index contributed by atoms with van der Waals surface area (Å²) < 4.78 is 4.83. The van der Waals surface area contributed by atoms with Crippen molar-refractivity contribution in [3.63, 3.8) is 0 Å². The maximum absolute atomic E-state index is 13.4. The third kappa shape index (κ3) is 7.84. The highest BCUT2D eigenvalue weighted by Gasteiger charge is 2.25. The Hall–Kier alpha value is -4.86. The smallest absolute Gasteiger partial charge is 0.409 e. The van der Waals surface area contributed by atoms with E-state index in [-0.39, 0.29) is 24.3 Å². The molecule has 1 heterocycles. The summed E-state index contributed by atoms with van der Waals surface area (Å²) in [5.41, 5.74) is 4.00. The third-order valence-corrected chi connectivity index (χ3v) is 6.96. The highest BCUT2D eigenvalue weighted by atomic mass is 16.5. The molecule has 10 heteroatoms. The molecule has 41 heavy (non-hydrogen) atoms. The van der Waals surface area contributed by atoms with Crippen LogP contribution in [0.4, 0.5) is 16.2 Å². The Balaban J connectivity index is 1.58. The number of methoxy groups -OCH3 is 1. The van der Waals surface area contributed by atoms with Crippen molar-refractivity contribution < 1.29 is 29.0 Å². The molecule has 3 aromatic rings. The number of piperazine rings is 1. The minimum Gasteiger partial charge on any atom is -0.481 e. The van der Waals surface area contributed by atoms with E-state index in [4.69, 9.17) is 4.74 Å². The summed E-state index contributed by atoms with van der Waals surface area (Å²) in [7, 11) is 1.35. The second-order valence-corrected chi connectivity index (χ2v) is 9.92. The van der Waals surface area contributed by atoms with Crippen LogP contribution in [-0.2, 0) is 20.7 Å². The average molecular weight is 559 g/mol. The number of hydrogen-bond acceptors (Lipinski definition) is 6. The fraction of sp³-hybridized carbons (Fsp3) is 0.290. The molecule has 214 valence electrons. The average Bonchev–Trinajstić information content (AvgIpc) is 2.97. The monoisotopic (exact) mass is 558 g/mol. The van der Waals surface area contributed by atoms with Crippen molar-refractivity contribution >= 4 is 35.3 Å². The van der Waals surface area contributed by atoms with Gasteiger partial charge in [0.15, 0.2) is 0 Å². The predicted molar refractivity (Wildman–Crippen MR) is 155 cm³/mol. The molecular weight excluding hydrogens is 524 g/mol. The summed E-state index contributed by atoms with van der Waals surface area (Å²) in [6.07, 6.45) is -0.517. The van der Waals surface area contributed by atoms with E-state index in [9.17, 15) is 24.3 Å². The first-order valence-electron chi connectivity index (χ1n) is 13.4. The van der Waals surface area contributed by atoms with Crippen molar-refractivity contribution in [2.24, 2.45) is 0 Å². The fourth-order valence-electron chi connectivity index (χ4n) is 4.76. The van der Waals surface area contributed by atoms with E-state index in [0.717, 1.165) is 11.1 Å². The molecule has 1 atom stereocenters. The number of nitrogens with zero attached hydrogens (tertiary/aromatic N) is 2. The summed E-state index contributed by atoms with van der Waals surface area (Å²) in [5, 5.41) is 15.3. The first-order valence-corrected chi connectivity index (χ1v) is 13.4. The zero-order valence-electron chi connectivity index (χ0n) is 23.1. The molecule has 0 aliphatic carbocycles. The third-order valence-electron chi connectivity index (χ3n) is 6.96. The van der Waals surface area contributed by atoms with Crippen LogP contribution in [0.3, 0.4) is 0 Å². The topological polar surface area (TPSA) is 128 Å². The minimum atomic E-state index is -1.04. The lowest BCUT2D eigenvalue weighted by Gasteiger charge is -2.36. The van der Waals surface area contributed by atoms with Gasteiger partial charge in [0.1, 0.15) is 0 Å². The standard InChI is InChI=1S/C31H34N4O6/c1-21-8-10-23(11-9-21)25(20-29(37)38)33-30(39)24-12-13-27(34-14-16-35(17-15-34)31(40)41-2)26(19-24)32-28(36)18-22-6-4-3-5-7-22/h3-13,19,25H,14-18,20H2,1-2H3,(H,32,36)(H,33,39)(H,37,38). The number of benzene rings is 3. The van der Waals surface area contributed by atoms with Gasteiger partial charge in [-0.1, -0.05) is 60.2 Å². The zero-order valence-corrected chi connectivity index (χ0v) is 23.1. The number of amides is 3. The van der Waals surface area contributed by atoms with Crippen molar-refractivity contribution in [1.29, 1.82) is 0 Å². The van der Waals surface area contributed by atoms with E-state index >= 15 is 0 Å². The first kappa shape index (κ1) is 29.1. The van der Waals surface area contributed by atoms with Crippen molar-refractivity contribution in [1.82, 2.24) is 10.2 Å². The molecule has 1 fully saturated rings. The van der Waals surface area contributed by atoms with Crippen LogP contribution in [-0.4, -0.2) is 67.2 Å². The number of carboxylic acids is 1. The molecule has 0 aromatic heterocycles. The number of carboxylic acid groups (broad SMARTS) is 1.